The third kappa shape index (κ3) is 4.11. The molecule has 1 aromatic rings. The molecule has 0 aliphatic carbocycles. The highest BCUT2D eigenvalue weighted by atomic mass is 16.4. The Labute approximate surface area is 104 Å². The van der Waals surface area contributed by atoms with Crippen LogP contribution in [0.2, 0.25) is 0 Å². The first-order valence-electron chi connectivity index (χ1n) is 5.63. The minimum Gasteiger partial charge on any atom is -0.480 e. The van der Waals surface area contributed by atoms with Crippen molar-refractivity contribution in [2.45, 2.75) is 32.7 Å². The molecule has 0 spiro atoms. The molecule has 0 aliphatic heterocycles. The zero-order chi connectivity index (χ0) is 13.7. The van der Waals surface area contributed by atoms with Crippen molar-refractivity contribution in [1.82, 2.24) is 25.5 Å². The number of hydrogen-bond donors (Lipinski definition) is 2. The van der Waals surface area contributed by atoms with Gasteiger partial charge in [0, 0.05) is 7.05 Å². The molecular weight excluding hydrogens is 238 g/mol. The van der Waals surface area contributed by atoms with Crippen LogP contribution < -0.4 is 5.32 Å². The number of carboxylic acids is 1. The number of nitrogens with zero attached hydrogens (tertiary/aromatic N) is 4. The van der Waals surface area contributed by atoms with E-state index in [1.54, 1.807) is 7.05 Å². The number of aryl methyl sites for hydroxylation is 1. The number of aromatic nitrogens is 4. The van der Waals surface area contributed by atoms with E-state index in [4.69, 9.17) is 5.11 Å². The van der Waals surface area contributed by atoms with Crippen LogP contribution in [-0.2, 0) is 23.1 Å². The predicted molar refractivity (Wildman–Crippen MR) is 61.5 cm³/mol. The average molecular weight is 255 g/mol. The van der Waals surface area contributed by atoms with Gasteiger partial charge in [0.15, 0.2) is 5.82 Å². The molecule has 0 aromatic carbocycles. The van der Waals surface area contributed by atoms with Crippen molar-refractivity contribution in [3.63, 3.8) is 0 Å². The van der Waals surface area contributed by atoms with Gasteiger partial charge in [0.05, 0.1) is 6.42 Å². The Balaban J connectivity index is 2.56. The van der Waals surface area contributed by atoms with E-state index in [0.29, 0.717) is 12.2 Å². The Morgan fingerprint density at radius 3 is 2.56 bits per heavy atom. The summed E-state index contributed by atoms with van der Waals surface area (Å²) in [6.07, 6.45) is 0.351. The number of carboxylic acid groups (broad SMARTS) is 1. The zero-order valence-corrected chi connectivity index (χ0v) is 10.6. The van der Waals surface area contributed by atoms with E-state index >= 15 is 0 Å². The van der Waals surface area contributed by atoms with Crippen LogP contribution in [0.15, 0.2) is 0 Å². The zero-order valence-electron chi connectivity index (χ0n) is 10.6. The molecule has 0 saturated carbocycles. The van der Waals surface area contributed by atoms with Gasteiger partial charge >= 0.3 is 5.97 Å². The molecule has 0 bridgehead atoms. The number of carbonyl (C=O) groups excluding carboxylic acids is 1. The van der Waals surface area contributed by atoms with Crippen LogP contribution in [-0.4, -0.2) is 43.2 Å². The molecule has 1 aromatic heterocycles. The first-order valence-corrected chi connectivity index (χ1v) is 5.63. The lowest BCUT2D eigenvalue weighted by Gasteiger charge is -2.16. The van der Waals surface area contributed by atoms with Crippen molar-refractivity contribution in [3.8, 4) is 0 Å². The third-order valence-corrected chi connectivity index (χ3v) is 2.37. The molecular formula is C10H17N5O3. The van der Waals surface area contributed by atoms with Gasteiger partial charge in [-0.15, -0.1) is 5.10 Å². The molecule has 1 amide bonds. The maximum absolute atomic E-state index is 11.7. The summed E-state index contributed by atoms with van der Waals surface area (Å²) in [5.74, 6) is -0.863. The van der Waals surface area contributed by atoms with Gasteiger partial charge in [-0.05, 0) is 22.8 Å². The van der Waals surface area contributed by atoms with Gasteiger partial charge in [0.2, 0.25) is 5.91 Å². The monoisotopic (exact) mass is 255 g/mol. The van der Waals surface area contributed by atoms with Gasteiger partial charge in [-0.1, -0.05) is 13.8 Å². The highest BCUT2D eigenvalue weighted by Crippen LogP contribution is 2.05. The summed E-state index contributed by atoms with van der Waals surface area (Å²) in [5.41, 5.74) is 0. The van der Waals surface area contributed by atoms with Crippen LogP contribution in [0.3, 0.4) is 0 Å². The van der Waals surface area contributed by atoms with E-state index in [1.165, 1.54) is 4.68 Å². The molecule has 0 saturated heterocycles. The van der Waals surface area contributed by atoms with E-state index in [9.17, 15) is 9.59 Å². The van der Waals surface area contributed by atoms with Crippen molar-refractivity contribution in [1.29, 1.82) is 0 Å². The van der Waals surface area contributed by atoms with Crippen molar-refractivity contribution < 1.29 is 14.7 Å². The summed E-state index contributed by atoms with van der Waals surface area (Å²) in [6, 6.07) is -0.876. The van der Waals surface area contributed by atoms with E-state index < -0.39 is 17.9 Å². The van der Waals surface area contributed by atoms with Crippen LogP contribution in [0.1, 0.15) is 26.1 Å². The number of tetrazole rings is 1. The normalized spacial score (nSPS) is 12.4. The Kier molecular flexibility index (Phi) is 4.75. The van der Waals surface area contributed by atoms with Crippen LogP contribution in [0, 0.1) is 5.92 Å². The van der Waals surface area contributed by atoms with Gasteiger partial charge in [-0.2, -0.15) is 0 Å². The minimum absolute atomic E-state index is 0.0363. The smallest absolute Gasteiger partial charge is 0.326 e. The molecule has 1 atom stereocenters. The van der Waals surface area contributed by atoms with Crippen molar-refractivity contribution in [2.75, 3.05) is 0 Å². The molecule has 1 heterocycles. The largest absolute Gasteiger partial charge is 0.480 e. The second kappa shape index (κ2) is 6.08. The molecule has 1 rings (SSSR count). The summed E-state index contributed by atoms with van der Waals surface area (Å²) < 4.78 is 1.37. The van der Waals surface area contributed by atoms with Crippen LogP contribution >= 0.6 is 0 Å². The van der Waals surface area contributed by atoms with Gasteiger partial charge in [-0.3, -0.25) is 4.79 Å². The maximum atomic E-state index is 11.7. The second-order valence-electron chi connectivity index (χ2n) is 4.48. The number of hydrogen-bond acceptors (Lipinski definition) is 5. The number of rotatable bonds is 6. The molecule has 18 heavy (non-hydrogen) atoms. The van der Waals surface area contributed by atoms with Crippen molar-refractivity contribution in [3.05, 3.63) is 5.82 Å². The fourth-order valence-electron chi connectivity index (χ4n) is 1.48. The lowest BCUT2D eigenvalue weighted by molar-refractivity contribution is -0.142. The molecule has 100 valence electrons. The SMILES string of the molecule is CC(C)CC(NC(=O)Cc1nnnn1C)C(=O)O. The summed E-state index contributed by atoms with van der Waals surface area (Å²) in [5, 5.41) is 22.1. The Morgan fingerprint density at radius 2 is 2.11 bits per heavy atom. The van der Waals surface area contributed by atoms with E-state index in [0.717, 1.165) is 0 Å². The Morgan fingerprint density at radius 1 is 1.44 bits per heavy atom. The van der Waals surface area contributed by atoms with Crippen LogP contribution in [0.25, 0.3) is 0 Å². The summed E-state index contributed by atoms with van der Waals surface area (Å²) >= 11 is 0. The average Bonchev–Trinajstić information content (AvgIpc) is 2.62. The number of aliphatic carboxylic acids is 1. The first-order chi connectivity index (χ1) is 8.40. The highest BCUT2D eigenvalue weighted by Gasteiger charge is 2.21. The third-order valence-electron chi connectivity index (χ3n) is 2.37. The Hall–Kier alpha value is -1.99. The topological polar surface area (TPSA) is 110 Å². The minimum atomic E-state index is -1.03. The second-order valence-corrected chi connectivity index (χ2v) is 4.48. The highest BCUT2D eigenvalue weighted by molar-refractivity contribution is 5.84. The summed E-state index contributed by atoms with van der Waals surface area (Å²) in [4.78, 5) is 22.7. The number of carbonyl (C=O) groups is 2. The van der Waals surface area contributed by atoms with Gasteiger partial charge in [0.1, 0.15) is 6.04 Å². The summed E-state index contributed by atoms with van der Waals surface area (Å²) in [6.45, 7) is 3.80. The molecule has 0 fully saturated rings. The van der Waals surface area contributed by atoms with Crippen molar-refractivity contribution in [2.24, 2.45) is 13.0 Å². The molecule has 0 aliphatic rings. The Bertz CT molecular complexity index is 429. The molecule has 8 heteroatoms. The maximum Gasteiger partial charge on any atom is 0.326 e. The van der Waals surface area contributed by atoms with Gasteiger partial charge in [0.25, 0.3) is 0 Å². The lowest BCUT2D eigenvalue weighted by Crippen LogP contribution is -2.42. The van der Waals surface area contributed by atoms with Crippen molar-refractivity contribution >= 4 is 11.9 Å². The van der Waals surface area contributed by atoms with Gasteiger partial charge < -0.3 is 10.4 Å². The molecule has 0 radical (unpaired) electrons. The first kappa shape index (κ1) is 14.1. The quantitative estimate of drug-likeness (QED) is 0.700. The van der Waals surface area contributed by atoms with E-state index in [1.807, 2.05) is 13.8 Å². The fraction of sp³-hybridized carbons (Fsp3) is 0.700. The van der Waals surface area contributed by atoms with E-state index in [-0.39, 0.29) is 12.3 Å². The fourth-order valence-corrected chi connectivity index (χ4v) is 1.48. The summed E-state index contributed by atoms with van der Waals surface area (Å²) in [7, 11) is 1.62. The predicted octanol–water partition coefficient (Wildman–Crippen LogP) is -0.632. The van der Waals surface area contributed by atoms with E-state index in [2.05, 4.69) is 20.8 Å². The lowest BCUT2D eigenvalue weighted by atomic mass is 10.0. The molecule has 8 nitrogen and oxygen atoms in total. The molecule has 2 N–H and O–H groups in total. The standard InChI is InChI=1S/C10H17N5O3/c1-6(2)4-7(10(17)18)11-9(16)5-8-12-13-14-15(8)3/h6-7H,4-5H2,1-3H3,(H,11,16)(H,17,18). The number of amides is 1. The van der Waals surface area contributed by atoms with Crippen LogP contribution in [0.4, 0.5) is 0 Å². The molecule has 1 unspecified atom stereocenters. The van der Waals surface area contributed by atoms with Crippen LogP contribution in [0.5, 0.6) is 0 Å². The number of nitrogens with one attached hydrogen (secondary N) is 1. The van der Waals surface area contributed by atoms with Gasteiger partial charge in [-0.25, -0.2) is 9.48 Å².